The van der Waals surface area contributed by atoms with Crippen molar-refractivity contribution in [3.05, 3.63) is 35.9 Å². The van der Waals surface area contributed by atoms with Crippen molar-refractivity contribution in [1.82, 2.24) is 16.0 Å². The number of amides is 3. The maximum absolute atomic E-state index is 13.1. The van der Waals surface area contributed by atoms with Gasteiger partial charge < -0.3 is 20.7 Å². The molecule has 0 saturated carbocycles. The van der Waals surface area contributed by atoms with Gasteiger partial charge in [-0.2, -0.15) is 0 Å². The summed E-state index contributed by atoms with van der Waals surface area (Å²) < 4.78 is 4.79. The first kappa shape index (κ1) is 26.1. The van der Waals surface area contributed by atoms with Crippen LogP contribution < -0.4 is 16.0 Å². The van der Waals surface area contributed by atoms with Crippen molar-refractivity contribution in [3.8, 4) is 0 Å². The summed E-state index contributed by atoms with van der Waals surface area (Å²) in [5, 5.41) is 8.11. The Morgan fingerprint density at radius 1 is 0.871 bits per heavy atom. The second-order valence-corrected chi connectivity index (χ2v) is 8.39. The molecule has 0 heterocycles. The number of hydrogen-bond donors (Lipinski definition) is 3. The van der Waals surface area contributed by atoms with Gasteiger partial charge in [0.05, 0.1) is 7.11 Å². The van der Waals surface area contributed by atoms with E-state index < -0.39 is 35.9 Å². The molecule has 8 nitrogen and oxygen atoms in total. The number of hydrogen-bond acceptors (Lipinski definition) is 5. The van der Waals surface area contributed by atoms with Gasteiger partial charge in [-0.3, -0.25) is 14.4 Å². The van der Waals surface area contributed by atoms with Crippen molar-refractivity contribution in [2.24, 2.45) is 11.8 Å². The van der Waals surface area contributed by atoms with Crippen LogP contribution in [0.2, 0.25) is 0 Å². The number of carbonyl (C=O) groups is 4. The van der Waals surface area contributed by atoms with Gasteiger partial charge in [0.15, 0.2) is 0 Å². The summed E-state index contributed by atoms with van der Waals surface area (Å²) in [7, 11) is 1.26. The van der Waals surface area contributed by atoms with Crippen molar-refractivity contribution in [3.63, 3.8) is 0 Å². The lowest BCUT2D eigenvalue weighted by atomic mass is 10.00. The summed E-state index contributed by atoms with van der Waals surface area (Å²) in [6.45, 7) is 8.82. The maximum atomic E-state index is 13.1. The molecule has 3 amide bonds. The van der Waals surface area contributed by atoms with Gasteiger partial charge in [-0.05, 0) is 23.8 Å². The molecule has 172 valence electrons. The van der Waals surface area contributed by atoms with E-state index in [-0.39, 0.29) is 24.2 Å². The standard InChI is InChI=1S/C23H35N3O5/c1-14(2)12-18(24-16(5)27)21(28)25-19(13-17-10-8-7-9-11-17)22(29)26-20(15(3)4)23(30)31-6/h7-11,14-15,18-20H,12-13H2,1-6H3,(H,24,27)(H,25,28)(H,26,29)/t18-,19-,20-/m0/s1. The van der Waals surface area contributed by atoms with E-state index in [0.29, 0.717) is 6.42 Å². The Morgan fingerprint density at radius 2 is 1.45 bits per heavy atom. The van der Waals surface area contributed by atoms with E-state index in [9.17, 15) is 19.2 Å². The number of nitrogens with one attached hydrogen (secondary N) is 3. The third kappa shape index (κ3) is 9.19. The SMILES string of the molecule is COC(=O)[C@@H](NC(=O)[C@H](Cc1ccccc1)NC(=O)[C@H](CC(C)C)NC(C)=O)C(C)C. The van der Waals surface area contributed by atoms with Crippen molar-refractivity contribution in [1.29, 1.82) is 0 Å². The molecule has 0 fully saturated rings. The van der Waals surface area contributed by atoms with E-state index in [1.807, 2.05) is 44.2 Å². The number of carbonyl (C=O) groups excluding carboxylic acids is 4. The average Bonchev–Trinajstić information content (AvgIpc) is 2.70. The average molecular weight is 434 g/mol. The Balaban J connectivity index is 3.09. The van der Waals surface area contributed by atoms with E-state index in [0.717, 1.165) is 5.56 Å². The van der Waals surface area contributed by atoms with Crippen LogP contribution in [0.1, 0.15) is 46.6 Å². The highest BCUT2D eigenvalue weighted by molar-refractivity contribution is 5.93. The minimum Gasteiger partial charge on any atom is -0.467 e. The Morgan fingerprint density at radius 3 is 1.94 bits per heavy atom. The summed E-state index contributed by atoms with van der Waals surface area (Å²) in [6, 6.07) is 6.73. The third-order valence-corrected chi connectivity index (χ3v) is 4.74. The van der Waals surface area contributed by atoms with E-state index >= 15 is 0 Å². The molecule has 0 bridgehead atoms. The number of methoxy groups -OCH3 is 1. The Bertz CT molecular complexity index is 749. The zero-order chi connectivity index (χ0) is 23.6. The first-order valence-electron chi connectivity index (χ1n) is 10.5. The van der Waals surface area contributed by atoms with Crippen LogP contribution in [0.3, 0.4) is 0 Å². The molecule has 1 aromatic rings. The Labute approximate surface area is 184 Å². The second-order valence-electron chi connectivity index (χ2n) is 8.39. The number of esters is 1. The van der Waals surface area contributed by atoms with E-state index in [1.165, 1.54) is 14.0 Å². The molecule has 0 unspecified atom stereocenters. The van der Waals surface area contributed by atoms with Gasteiger partial charge in [0.2, 0.25) is 17.7 Å². The zero-order valence-electron chi connectivity index (χ0n) is 19.2. The number of benzene rings is 1. The van der Waals surface area contributed by atoms with Crippen LogP contribution in [0.25, 0.3) is 0 Å². The van der Waals surface area contributed by atoms with Crippen molar-refractivity contribution in [2.75, 3.05) is 7.11 Å². The van der Waals surface area contributed by atoms with Crippen molar-refractivity contribution in [2.45, 2.75) is 65.6 Å². The fourth-order valence-corrected chi connectivity index (χ4v) is 3.16. The lowest BCUT2D eigenvalue weighted by Gasteiger charge is -2.26. The lowest BCUT2D eigenvalue weighted by Crippen LogP contribution is -2.57. The zero-order valence-corrected chi connectivity index (χ0v) is 19.2. The van der Waals surface area contributed by atoms with Crippen LogP contribution in [0.15, 0.2) is 30.3 Å². The molecule has 0 spiro atoms. The minimum atomic E-state index is -0.927. The van der Waals surface area contributed by atoms with Gasteiger partial charge in [0, 0.05) is 13.3 Å². The fourth-order valence-electron chi connectivity index (χ4n) is 3.16. The highest BCUT2D eigenvalue weighted by Crippen LogP contribution is 2.10. The molecule has 3 atom stereocenters. The molecule has 0 aromatic heterocycles. The molecule has 1 aromatic carbocycles. The van der Waals surface area contributed by atoms with E-state index in [4.69, 9.17) is 4.74 Å². The highest BCUT2D eigenvalue weighted by atomic mass is 16.5. The maximum Gasteiger partial charge on any atom is 0.328 e. The van der Waals surface area contributed by atoms with Crippen LogP contribution in [-0.4, -0.2) is 48.9 Å². The van der Waals surface area contributed by atoms with Crippen molar-refractivity contribution >= 4 is 23.7 Å². The van der Waals surface area contributed by atoms with Gasteiger partial charge in [0.1, 0.15) is 18.1 Å². The Kier molecular flexibility index (Phi) is 10.7. The van der Waals surface area contributed by atoms with E-state index in [2.05, 4.69) is 16.0 Å². The van der Waals surface area contributed by atoms with E-state index in [1.54, 1.807) is 13.8 Å². The topological polar surface area (TPSA) is 114 Å². The first-order chi connectivity index (χ1) is 14.5. The van der Waals surface area contributed by atoms with Gasteiger partial charge in [0.25, 0.3) is 0 Å². The quantitative estimate of drug-likeness (QED) is 0.459. The summed E-state index contributed by atoms with van der Waals surface area (Å²) in [5.41, 5.74) is 0.849. The normalized spacial score (nSPS) is 13.8. The predicted octanol–water partition coefficient (Wildman–Crippen LogP) is 1.58. The smallest absolute Gasteiger partial charge is 0.328 e. The first-order valence-corrected chi connectivity index (χ1v) is 10.5. The highest BCUT2D eigenvalue weighted by Gasteiger charge is 2.31. The van der Waals surface area contributed by atoms with Crippen LogP contribution in [0.4, 0.5) is 0 Å². The van der Waals surface area contributed by atoms with Crippen molar-refractivity contribution < 1.29 is 23.9 Å². The number of ether oxygens (including phenoxy) is 1. The third-order valence-electron chi connectivity index (χ3n) is 4.74. The summed E-state index contributed by atoms with van der Waals surface area (Å²) in [6.07, 6.45) is 0.667. The molecule has 0 aliphatic carbocycles. The lowest BCUT2D eigenvalue weighted by molar-refractivity contribution is -0.146. The number of rotatable bonds is 11. The fraction of sp³-hybridized carbons (Fsp3) is 0.565. The van der Waals surface area contributed by atoms with Gasteiger partial charge >= 0.3 is 5.97 Å². The largest absolute Gasteiger partial charge is 0.467 e. The monoisotopic (exact) mass is 433 g/mol. The minimum absolute atomic E-state index is 0.161. The molecule has 0 radical (unpaired) electrons. The van der Waals surface area contributed by atoms with Crippen LogP contribution in [-0.2, 0) is 30.3 Å². The molecular formula is C23H35N3O5. The molecule has 0 aliphatic heterocycles. The second kappa shape index (κ2) is 12.7. The van der Waals surface area contributed by atoms with Crippen LogP contribution in [0.5, 0.6) is 0 Å². The summed E-state index contributed by atoms with van der Waals surface area (Å²) >= 11 is 0. The predicted molar refractivity (Wildman–Crippen MR) is 118 cm³/mol. The molecule has 3 N–H and O–H groups in total. The van der Waals surface area contributed by atoms with Gasteiger partial charge in [-0.1, -0.05) is 58.0 Å². The Hall–Kier alpha value is -2.90. The summed E-state index contributed by atoms with van der Waals surface area (Å²) in [5.74, 6) is -1.85. The van der Waals surface area contributed by atoms with Crippen LogP contribution in [0, 0.1) is 11.8 Å². The molecule has 0 saturated heterocycles. The van der Waals surface area contributed by atoms with Gasteiger partial charge in [-0.15, -0.1) is 0 Å². The molecule has 0 aliphatic rings. The molecular weight excluding hydrogens is 398 g/mol. The van der Waals surface area contributed by atoms with Gasteiger partial charge in [-0.25, -0.2) is 4.79 Å². The molecule has 1 rings (SSSR count). The molecule has 8 heteroatoms. The van der Waals surface area contributed by atoms with Crippen LogP contribution >= 0.6 is 0 Å². The molecule has 31 heavy (non-hydrogen) atoms. The summed E-state index contributed by atoms with van der Waals surface area (Å²) in [4.78, 5) is 49.6.